The third-order valence-electron chi connectivity index (χ3n) is 3.46. The smallest absolute Gasteiger partial charge is 0.325 e. The second-order valence-electron chi connectivity index (χ2n) is 5.50. The van der Waals surface area contributed by atoms with Crippen molar-refractivity contribution >= 4 is 46.0 Å². The third-order valence-corrected chi connectivity index (χ3v) is 5.43. The van der Waals surface area contributed by atoms with Crippen molar-refractivity contribution in [1.29, 1.82) is 0 Å². The molecule has 8 nitrogen and oxygen atoms in total. The molecule has 144 valence electrons. The molecule has 0 saturated heterocycles. The maximum atomic E-state index is 12.3. The Morgan fingerprint density at radius 3 is 2.67 bits per heavy atom. The van der Waals surface area contributed by atoms with E-state index in [1.54, 1.807) is 13.0 Å². The van der Waals surface area contributed by atoms with E-state index in [9.17, 15) is 14.4 Å². The quantitative estimate of drug-likeness (QED) is 0.391. The highest BCUT2D eigenvalue weighted by atomic mass is 32.2. The summed E-state index contributed by atoms with van der Waals surface area (Å²) in [6.45, 7) is 5.72. The van der Waals surface area contributed by atoms with Gasteiger partial charge in [-0.25, -0.2) is 0 Å². The van der Waals surface area contributed by atoms with E-state index in [0.29, 0.717) is 15.0 Å². The van der Waals surface area contributed by atoms with Gasteiger partial charge in [0.1, 0.15) is 6.54 Å². The zero-order valence-corrected chi connectivity index (χ0v) is 16.8. The highest BCUT2D eigenvalue weighted by molar-refractivity contribution is 8.01. The second kappa shape index (κ2) is 10.0. The minimum atomic E-state index is -0.483. The SMILES string of the molecule is CCOC(=O)CNC(=O)CSc1nnc(NC(=O)c2ccc(C)c(C)c2)s1. The van der Waals surface area contributed by atoms with Crippen LogP contribution in [-0.4, -0.2) is 46.9 Å². The Hall–Kier alpha value is -2.46. The third kappa shape index (κ3) is 6.65. The predicted molar refractivity (Wildman–Crippen MR) is 104 cm³/mol. The van der Waals surface area contributed by atoms with Crippen LogP contribution in [0, 0.1) is 13.8 Å². The van der Waals surface area contributed by atoms with Gasteiger partial charge in [-0.05, 0) is 44.0 Å². The van der Waals surface area contributed by atoms with Crippen molar-refractivity contribution < 1.29 is 19.1 Å². The minimum Gasteiger partial charge on any atom is -0.465 e. The van der Waals surface area contributed by atoms with Crippen LogP contribution in [0.15, 0.2) is 22.5 Å². The number of amides is 2. The van der Waals surface area contributed by atoms with Gasteiger partial charge in [-0.15, -0.1) is 10.2 Å². The standard InChI is InChI=1S/C17H20N4O4S2/c1-4-25-14(23)8-18-13(22)9-26-17-21-20-16(27-17)19-15(24)12-6-5-10(2)11(3)7-12/h5-7H,4,8-9H2,1-3H3,(H,18,22)(H,19,20,24). The number of ether oxygens (including phenoxy) is 1. The van der Waals surface area contributed by atoms with Gasteiger partial charge in [0, 0.05) is 5.56 Å². The summed E-state index contributed by atoms with van der Waals surface area (Å²) < 4.78 is 5.26. The average Bonchev–Trinajstić information content (AvgIpc) is 3.08. The Morgan fingerprint density at radius 1 is 1.19 bits per heavy atom. The molecule has 1 heterocycles. The van der Waals surface area contributed by atoms with E-state index in [4.69, 9.17) is 4.74 Å². The van der Waals surface area contributed by atoms with Crippen molar-refractivity contribution in [3.05, 3.63) is 34.9 Å². The van der Waals surface area contributed by atoms with E-state index in [0.717, 1.165) is 11.1 Å². The maximum absolute atomic E-state index is 12.3. The van der Waals surface area contributed by atoms with Crippen LogP contribution in [0.25, 0.3) is 0 Å². The lowest BCUT2D eigenvalue weighted by molar-refractivity contribution is -0.143. The monoisotopic (exact) mass is 408 g/mol. The summed E-state index contributed by atoms with van der Waals surface area (Å²) >= 11 is 2.35. The number of esters is 1. The Labute approximate surface area is 165 Å². The molecule has 2 rings (SSSR count). The van der Waals surface area contributed by atoms with E-state index in [-0.39, 0.29) is 30.7 Å². The molecule has 0 aliphatic carbocycles. The first-order chi connectivity index (χ1) is 12.9. The van der Waals surface area contributed by atoms with Crippen LogP contribution >= 0.6 is 23.1 Å². The molecule has 2 amide bonds. The lowest BCUT2D eigenvalue weighted by Crippen LogP contribution is -2.31. The molecule has 0 radical (unpaired) electrons. The topological polar surface area (TPSA) is 110 Å². The number of nitrogens with one attached hydrogen (secondary N) is 2. The fourth-order valence-electron chi connectivity index (χ4n) is 1.93. The summed E-state index contributed by atoms with van der Waals surface area (Å²) in [7, 11) is 0. The number of rotatable bonds is 8. The van der Waals surface area contributed by atoms with Crippen molar-refractivity contribution in [3.8, 4) is 0 Å². The molecule has 27 heavy (non-hydrogen) atoms. The van der Waals surface area contributed by atoms with Gasteiger partial charge < -0.3 is 10.1 Å². The van der Waals surface area contributed by atoms with Crippen LogP contribution in [0.4, 0.5) is 5.13 Å². The Balaban J connectivity index is 1.82. The Morgan fingerprint density at radius 2 is 1.96 bits per heavy atom. The first-order valence-corrected chi connectivity index (χ1v) is 9.96. The van der Waals surface area contributed by atoms with Crippen molar-refractivity contribution in [2.45, 2.75) is 25.1 Å². The molecule has 0 aliphatic heterocycles. The zero-order chi connectivity index (χ0) is 19.8. The fourth-order valence-corrected chi connectivity index (χ4v) is 3.51. The van der Waals surface area contributed by atoms with Crippen LogP contribution in [-0.2, 0) is 14.3 Å². The van der Waals surface area contributed by atoms with Crippen LogP contribution in [0.3, 0.4) is 0 Å². The number of hydrogen-bond donors (Lipinski definition) is 2. The molecule has 0 unspecified atom stereocenters. The van der Waals surface area contributed by atoms with Crippen LogP contribution in [0.2, 0.25) is 0 Å². The van der Waals surface area contributed by atoms with Crippen LogP contribution < -0.4 is 10.6 Å². The van der Waals surface area contributed by atoms with Gasteiger partial charge in [-0.2, -0.15) is 0 Å². The van der Waals surface area contributed by atoms with Gasteiger partial charge in [-0.1, -0.05) is 29.2 Å². The second-order valence-corrected chi connectivity index (χ2v) is 7.70. The van der Waals surface area contributed by atoms with Crippen LogP contribution in [0.1, 0.15) is 28.4 Å². The molecule has 10 heteroatoms. The number of nitrogens with zero attached hydrogens (tertiary/aromatic N) is 2. The summed E-state index contributed by atoms with van der Waals surface area (Å²) in [5.41, 5.74) is 2.69. The lowest BCUT2D eigenvalue weighted by Gasteiger charge is -2.04. The zero-order valence-electron chi connectivity index (χ0n) is 15.2. The van der Waals surface area contributed by atoms with E-state index >= 15 is 0 Å². The number of hydrogen-bond acceptors (Lipinski definition) is 8. The Kier molecular flexibility index (Phi) is 7.74. The molecular weight excluding hydrogens is 388 g/mol. The normalized spacial score (nSPS) is 10.3. The summed E-state index contributed by atoms with van der Waals surface area (Å²) in [6.07, 6.45) is 0. The number of benzene rings is 1. The van der Waals surface area contributed by atoms with Gasteiger partial charge in [0.2, 0.25) is 11.0 Å². The fraction of sp³-hybridized carbons (Fsp3) is 0.353. The average molecular weight is 409 g/mol. The van der Waals surface area contributed by atoms with Crippen molar-refractivity contribution in [2.24, 2.45) is 0 Å². The van der Waals surface area contributed by atoms with Gasteiger partial charge in [-0.3, -0.25) is 19.7 Å². The molecule has 0 spiro atoms. The number of thioether (sulfide) groups is 1. The molecule has 0 saturated carbocycles. The van der Waals surface area contributed by atoms with Gasteiger partial charge in [0.15, 0.2) is 4.34 Å². The van der Waals surface area contributed by atoms with Gasteiger partial charge >= 0.3 is 5.97 Å². The molecule has 0 atom stereocenters. The molecule has 0 bridgehead atoms. The summed E-state index contributed by atoms with van der Waals surface area (Å²) in [6, 6.07) is 5.46. The van der Waals surface area contributed by atoms with E-state index in [2.05, 4.69) is 20.8 Å². The predicted octanol–water partition coefficient (Wildman–Crippen LogP) is 2.18. The first kappa shape index (κ1) is 20.8. The number of carbonyl (C=O) groups is 3. The molecule has 0 aliphatic rings. The van der Waals surface area contributed by atoms with E-state index in [1.165, 1.54) is 23.1 Å². The van der Waals surface area contributed by atoms with Crippen molar-refractivity contribution in [1.82, 2.24) is 15.5 Å². The van der Waals surface area contributed by atoms with Crippen molar-refractivity contribution in [3.63, 3.8) is 0 Å². The maximum Gasteiger partial charge on any atom is 0.325 e. The van der Waals surface area contributed by atoms with Crippen LogP contribution in [0.5, 0.6) is 0 Å². The molecule has 1 aromatic heterocycles. The largest absolute Gasteiger partial charge is 0.465 e. The molecule has 0 fully saturated rings. The van der Waals surface area contributed by atoms with E-state index < -0.39 is 5.97 Å². The summed E-state index contributed by atoms with van der Waals surface area (Å²) in [5.74, 6) is -0.982. The highest BCUT2D eigenvalue weighted by Gasteiger charge is 2.13. The van der Waals surface area contributed by atoms with E-state index in [1.807, 2.05) is 26.0 Å². The van der Waals surface area contributed by atoms with Gasteiger partial charge in [0.25, 0.3) is 5.91 Å². The van der Waals surface area contributed by atoms with Gasteiger partial charge in [0.05, 0.1) is 12.4 Å². The first-order valence-electron chi connectivity index (χ1n) is 8.16. The molecular formula is C17H20N4O4S2. The molecule has 2 aromatic rings. The van der Waals surface area contributed by atoms with Crippen molar-refractivity contribution in [2.75, 3.05) is 24.2 Å². The summed E-state index contributed by atoms with van der Waals surface area (Å²) in [5, 5.41) is 13.4. The minimum absolute atomic E-state index is 0.0825. The number of aryl methyl sites for hydroxylation is 2. The number of aromatic nitrogens is 2. The highest BCUT2D eigenvalue weighted by Crippen LogP contribution is 2.25. The lowest BCUT2D eigenvalue weighted by atomic mass is 10.1. The number of carbonyl (C=O) groups excluding carboxylic acids is 3. The summed E-state index contributed by atoms with van der Waals surface area (Å²) in [4.78, 5) is 35.1. The molecule has 1 aromatic carbocycles. The Bertz CT molecular complexity index is 838. The number of anilines is 1. The molecule has 2 N–H and O–H groups in total.